The number of carboxylic acids is 1. The van der Waals surface area contributed by atoms with Crippen molar-refractivity contribution in [2.45, 2.75) is 57.5 Å². The molecule has 0 radical (unpaired) electrons. The molecule has 0 saturated heterocycles. The van der Waals surface area contributed by atoms with E-state index in [9.17, 15) is 9.90 Å². The van der Waals surface area contributed by atoms with Crippen molar-refractivity contribution in [2.24, 2.45) is 5.41 Å². The van der Waals surface area contributed by atoms with E-state index in [1.54, 1.807) is 6.20 Å². The van der Waals surface area contributed by atoms with E-state index < -0.39 is 11.4 Å². The first-order valence-electron chi connectivity index (χ1n) is 8.13. The molecule has 0 spiro atoms. The van der Waals surface area contributed by atoms with Gasteiger partial charge in [0.2, 0.25) is 0 Å². The minimum absolute atomic E-state index is 0.110. The minimum atomic E-state index is -0.602. The van der Waals surface area contributed by atoms with Crippen LogP contribution in [0.25, 0.3) is 0 Å². The number of nitrogens with zero attached hydrogens (tertiary/aromatic N) is 1. The van der Waals surface area contributed by atoms with Gasteiger partial charge in [-0.25, -0.2) is 0 Å². The second-order valence-corrected chi connectivity index (χ2v) is 6.68. The van der Waals surface area contributed by atoms with Crippen molar-refractivity contribution in [1.82, 2.24) is 10.3 Å². The Morgan fingerprint density at radius 1 is 1.27 bits per heavy atom. The number of nitrogens with one attached hydrogen (secondary N) is 1. The Kier molecular flexibility index (Phi) is 4.08. The van der Waals surface area contributed by atoms with Crippen LogP contribution in [-0.2, 0) is 11.3 Å². The van der Waals surface area contributed by atoms with Crippen LogP contribution in [0.2, 0.25) is 0 Å². The van der Waals surface area contributed by atoms with Gasteiger partial charge in [0, 0.05) is 18.3 Å². The van der Waals surface area contributed by atoms with Gasteiger partial charge >= 0.3 is 5.97 Å². The van der Waals surface area contributed by atoms with Crippen molar-refractivity contribution in [2.75, 3.05) is 6.61 Å². The van der Waals surface area contributed by atoms with Crippen molar-refractivity contribution >= 4 is 5.97 Å². The Labute approximate surface area is 131 Å². The van der Waals surface area contributed by atoms with Crippen LogP contribution in [0.5, 0.6) is 5.75 Å². The number of ether oxygens (including phenoxy) is 1. The zero-order chi connectivity index (χ0) is 15.6. The number of aliphatic carboxylic acids is 1. The molecule has 0 amide bonds. The molecule has 3 saturated carbocycles. The predicted molar refractivity (Wildman–Crippen MR) is 82.7 cm³/mol. The summed E-state index contributed by atoms with van der Waals surface area (Å²) in [6, 6.07) is 2.02. The molecule has 1 heterocycles. The lowest BCUT2D eigenvalue weighted by Gasteiger charge is -2.51. The van der Waals surface area contributed by atoms with Crippen LogP contribution in [0.4, 0.5) is 0 Å². The van der Waals surface area contributed by atoms with E-state index in [1.807, 2.05) is 19.2 Å². The van der Waals surface area contributed by atoms with Gasteiger partial charge in [0.1, 0.15) is 5.75 Å². The average molecular weight is 304 g/mol. The Balaban J connectivity index is 1.61. The first-order chi connectivity index (χ1) is 10.6. The molecular formula is C17H24N2O3. The number of aromatic nitrogens is 1. The maximum atomic E-state index is 11.5. The van der Waals surface area contributed by atoms with Gasteiger partial charge in [-0.3, -0.25) is 9.78 Å². The molecule has 3 aliphatic rings. The Bertz CT molecular complexity index is 534. The quantitative estimate of drug-likeness (QED) is 0.845. The molecule has 1 aromatic rings. The van der Waals surface area contributed by atoms with E-state index in [0.717, 1.165) is 56.4 Å². The summed E-state index contributed by atoms with van der Waals surface area (Å²) in [6.07, 6.45) is 8.85. The topological polar surface area (TPSA) is 71.5 Å². The van der Waals surface area contributed by atoms with E-state index in [0.29, 0.717) is 6.61 Å². The lowest BCUT2D eigenvalue weighted by atomic mass is 9.57. The van der Waals surface area contributed by atoms with E-state index in [2.05, 4.69) is 10.3 Å². The molecule has 4 rings (SSSR count). The summed E-state index contributed by atoms with van der Waals surface area (Å²) in [6.45, 7) is 3.36. The molecule has 2 N–H and O–H groups in total. The highest BCUT2D eigenvalue weighted by Crippen LogP contribution is 2.52. The summed E-state index contributed by atoms with van der Waals surface area (Å²) >= 11 is 0. The van der Waals surface area contributed by atoms with E-state index >= 15 is 0 Å². The minimum Gasteiger partial charge on any atom is -0.492 e. The predicted octanol–water partition coefficient (Wildman–Crippen LogP) is 2.75. The number of carbonyl (C=O) groups is 1. The summed E-state index contributed by atoms with van der Waals surface area (Å²) in [5.41, 5.74) is 0.777. The number of fused-ring (bicyclic) bond motifs is 3. The molecule has 22 heavy (non-hydrogen) atoms. The number of rotatable bonds is 6. The summed E-state index contributed by atoms with van der Waals surface area (Å²) in [7, 11) is 0. The molecule has 5 nitrogen and oxygen atoms in total. The third-order valence-electron chi connectivity index (χ3n) is 5.45. The van der Waals surface area contributed by atoms with E-state index in [1.165, 1.54) is 0 Å². The van der Waals surface area contributed by atoms with Gasteiger partial charge in [0.05, 0.1) is 18.2 Å². The fourth-order valence-electron chi connectivity index (χ4n) is 3.87. The number of carboxylic acid groups (broad SMARTS) is 1. The second-order valence-electron chi connectivity index (χ2n) is 6.68. The number of hydrogen-bond acceptors (Lipinski definition) is 4. The van der Waals surface area contributed by atoms with Crippen molar-refractivity contribution in [1.29, 1.82) is 0 Å². The van der Waals surface area contributed by atoms with Crippen LogP contribution in [-0.4, -0.2) is 28.2 Å². The lowest BCUT2D eigenvalue weighted by Crippen LogP contribution is -2.56. The van der Waals surface area contributed by atoms with Crippen molar-refractivity contribution < 1.29 is 14.6 Å². The SMILES string of the molecule is CCOc1cncc(CNC23CCC(C(=O)O)(CC2)CC3)c1. The highest BCUT2D eigenvalue weighted by atomic mass is 16.5. The van der Waals surface area contributed by atoms with Crippen LogP contribution in [0.15, 0.2) is 18.5 Å². The third-order valence-corrected chi connectivity index (χ3v) is 5.45. The standard InChI is InChI=1S/C17H24N2O3/c1-2-22-14-9-13(10-18-12-14)11-19-17-6-3-16(4-7-17,5-8-17)15(20)21/h9-10,12,19H,2-8,11H2,1H3,(H,20,21). The first-order valence-corrected chi connectivity index (χ1v) is 8.13. The number of pyridine rings is 1. The van der Waals surface area contributed by atoms with Crippen molar-refractivity contribution in [3.8, 4) is 5.75 Å². The van der Waals surface area contributed by atoms with Crippen molar-refractivity contribution in [3.63, 3.8) is 0 Å². The molecule has 5 heteroatoms. The summed E-state index contributed by atoms with van der Waals surface area (Å²) in [5.74, 6) is 0.200. The largest absolute Gasteiger partial charge is 0.492 e. The van der Waals surface area contributed by atoms with Gasteiger partial charge in [-0.1, -0.05) is 0 Å². The molecule has 3 aliphatic carbocycles. The maximum Gasteiger partial charge on any atom is 0.309 e. The van der Waals surface area contributed by atoms with Gasteiger partial charge in [-0.2, -0.15) is 0 Å². The smallest absolute Gasteiger partial charge is 0.309 e. The normalized spacial score (nSPS) is 30.2. The lowest BCUT2D eigenvalue weighted by molar-refractivity contribution is -0.156. The van der Waals surface area contributed by atoms with Crippen LogP contribution in [0.3, 0.4) is 0 Å². The van der Waals surface area contributed by atoms with Gasteiger partial charge in [-0.15, -0.1) is 0 Å². The maximum absolute atomic E-state index is 11.5. The van der Waals surface area contributed by atoms with Gasteiger partial charge in [0.25, 0.3) is 0 Å². The Morgan fingerprint density at radius 3 is 2.55 bits per heavy atom. The molecule has 0 unspecified atom stereocenters. The fraction of sp³-hybridized carbons (Fsp3) is 0.647. The summed E-state index contributed by atoms with van der Waals surface area (Å²) in [4.78, 5) is 15.7. The monoisotopic (exact) mass is 304 g/mol. The average Bonchev–Trinajstić information content (AvgIpc) is 2.55. The molecule has 120 valence electrons. The zero-order valence-electron chi connectivity index (χ0n) is 13.1. The summed E-state index contributed by atoms with van der Waals surface area (Å²) in [5, 5.41) is 13.1. The molecule has 1 aromatic heterocycles. The van der Waals surface area contributed by atoms with Gasteiger partial charge < -0.3 is 15.2 Å². The molecule has 0 aliphatic heterocycles. The van der Waals surface area contributed by atoms with Crippen LogP contribution in [0, 0.1) is 5.41 Å². The first kappa shape index (κ1) is 15.3. The van der Waals surface area contributed by atoms with Crippen molar-refractivity contribution in [3.05, 3.63) is 24.0 Å². The second kappa shape index (κ2) is 5.88. The molecule has 0 aromatic carbocycles. The highest BCUT2D eigenvalue weighted by molar-refractivity contribution is 5.75. The Morgan fingerprint density at radius 2 is 1.95 bits per heavy atom. The molecule has 0 atom stereocenters. The van der Waals surface area contributed by atoms with Gasteiger partial charge in [0.15, 0.2) is 0 Å². The third kappa shape index (κ3) is 2.82. The van der Waals surface area contributed by atoms with Gasteiger partial charge in [-0.05, 0) is 57.1 Å². The van der Waals surface area contributed by atoms with Crippen LogP contribution < -0.4 is 10.1 Å². The molecular weight excluding hydrogens is 280 g/mol. The van der Waals surface area contributed by atoms with Crippen LogP contribution in [0.1, 0.15) is 51.0 Å². The van der Waals surface area contributed by atoms with Crippen LogP contribution >= 0.6 is 0 Å². The molecule has 2 bridgehead atoms. The summed E-state index contributed by atoms with van der Waals surface area (Å²) < 4.78 is 5.48. The zero-order valence-corrected chi connectivity index (χ0v) is 13.1. The highest BCUT2D eigenvalue weighted by Gasteiger charge is 2.52. The number of hydrogen-bond donors (Lipinski definition) is 2. The van der Waals surface area contributed by atoms with E-state index in [4.69, 9.17) is 4.74 Å². The van der Waals surface area contributed by atoms with E-state index in [-0.39, 0.29) is 5.54 Å². The molecule has 3 fully saturated rings. The Hall–Kier alpha value is -1.62. The fourth-order valence-corrected chi connectivity index (χ4v) is 3.87.